The molecule has 2 N–H and O–H groups in total. The second kappa shape index (κ2) is 6.21. The number of aliphatic hydroxyl groups is 1. The minimum absolute atomic E-state index is 0.0256. The summed E-state index contributed by atoms with van der Waals surface area (Å²) >= 11 is 0. The first-order valence-corrected chi connectivity index (χ1v) is 6.66. The molecule has 0 aromatic carbocycles. The van der Waals surface area contributed by atoms with Crippen LogP contribution in [0.5, 0.6) is 0 Å². The number of furan rings is 1. The highest BCUT2D eigenvalue weighted by atomic mass is 16.5. The maximum absolute atomic E-state index is 11.3. The van der Waals surface area contributed by atoms with Gasteiger partial charge in [-0.2, -0.15) is 0 Å². The number of ether oxygens (including phenoxy) is 1. The van der Waals surface area contributed by atoms with Gasteiger partial charge >= 0.3 is 5.97 Å². The Morgan fingerprint density at radius 3 is 2.89 bits per heavy atom. The zero-order valence-corrected chi connectivity index (χ0v) is 11.3. The predicted molar refractivity (Wildman–Crippen MR) is 69.7 cm³/mol. The normalized spacial score (nSPS) is 17.6. The fourth-order valence-corrected chi connectivity index (χ4v) is 2.66. The molecule has 106 valence electrons. The highest BCUT2D eigenvalue weighted by molar-refractivity contribution is 5.88. The molecule has 19 heavy (non-hydrogen) atoms. The van der Waals surface area contributed by atoms with Crippen molar-refractivity contribution in [1.29, 1.82) is 0 Å². The van der Waals surface area contributed by atoms with Crippen molar-refractivity contribution in [3.8, 4) is 0 Å². The van der Waals surface area contributed by atoms with Crippen molar-refractivity contribution in [3.63, 3.8) is 0 Å². The zero-order valence-electron chi connectivity index (χ0n) is 11.3. The van der Waals surface area contributed by atoms with Crippen LogP contribution >= 0.6 is 0 Å². The van der Waals surface area contributed by atoms with Crippen LogP contribution in [0.3, 0.4) is 0 Å². The molecule has 0 atom stereocenters. The van der Waals surface area contributed by atoms with Crippen molar-refractivity contribution in [2.24, 2.45) is 5.41 Å². The van der Waals surface area contributed by atoms with E-state index < -0.39 is 5.97 Å². The molecule has 1 saturated carbocycles. The van der Waals surface area contributed by atoms with Crippen LogP contribution in [0.1, 0.15) is 41.8 Å². The smallest absolute Gasteiger partial charge is 0.341 e. The Kier molecular flexibility index (Phi) is 4.61. The molecule has 1 aromatic rings. The van der Waals surface area contributed by atoms with Gasteiger partial charge in [0.25, 0.3) is 0 Å². The first-order valence-electron chi connectivity index (χ1n) is 6.66. The quantitative estimate of drug-likeness (QED) is 0.768. The van der Waals surface area contributed by atoms with Crippen molar-refractivity contribution in [1.82, 2.24) is 5.32 Å². The average molecular weight is 267 g/mol. The largest absolute Gasteiger partial charge is 0.467 e. The predicted octanol–water partition coefficient (Wildman–Crippen LogP) is 1.71. The second-order valence-corrected chi connectivity index (χ2v) is 5.26. The van der Waals surface area contributed by atoms with Gasteiger partial charge in [-0.05, 0) is 18.9 Å². The molecule has 5 nitrogen and oxygen atoms in total. The summed E-state index contributed by atoms with van der Waals surface area (Å²) in [5.41, 5.74) is 0.453. The Hall–Kier alpha value is -1.33. The van der Waals surface area contributed by atoms with Gasteiger partial charge in [-0.25, -0.2) is 4.79 Å². The van der Waals surface area contributed by atoms with Crippen molar-refractivity contribution in [2.45, 2.75) is 32.2 Å². The second-order valence-electron chi connectivity index (χ2n) is 5.26. The topological polar surface area (TPSA) is 71.7 Å². The Morgan fingerprint density at radius 2 is 2.26 bits per heavy atom. The molecular formula is C14H21NO4. The minimum atomic E-state index is -0.391. The van der Waals surface area contributed by atoms with Crippen LogP contribution < -0.4 is 5.32 Å². The summed E-state index contributed by atoms with van der Waals surface area (Å²) in [5, 5.41) is 12.8. The molecule has 0 bridgehead atoms. The van der Waals surface area contributed by atoms with Gasteiger partial charge in [-0.15, -0.1) is 0 Å². The van der Waals surface area contributed by atoms with Gasteiger partial charge in [0.1, 0.15) is 12.0 Å². The van der Waals surface area contributed by atoms with E-state index in [1.807, 2.05) is 0 Å². The lowest BCUT2D eigenvalue weighted by molar-refractivity contribution is 0.0600. The van der Waals surface area contributed by atoms with E-state index in [0.717, 1.165) is 19.4 Å². The molecule has 1 aliphatic carbocycles. The first-order chi connectivity index (χ1) is 9.19. The summed E-state index contributed by atoms with van der Waals surface area (Å²) in [6.45, 7) is 1.56. The van der Waals surface area contributed by atoms with Crippen LogP contribution in [-0.4, -0.2) is 31.3 Å². The van der Waals surface area contributed by atoms with Crippen molar-refractivity contribution >= 4 is 5.97 Å². The van der Waals surface area contributed by atoms with E-state index in [2.05, 4.69) is 10.1 Å². The van der Waals surface area contributed by atoms with Crippen LogP contribution in [0.25, 0.3) is 0 Å². The molecule has 0 saturated heterocycles. The summed E-state index contributed by atoms with van der Waals surface area (Å²) in [5.74, 6) is 0.309. The molecule has 1 aromatic heterocycles. The molecule has 1 fully saturated rings. The summed E-state index contributed by atoms with van der Waals surface area (Å²) < 4.78 is 9.91. The number of nitrogens with one attached hydrogen (secondary N) is 1. The third kappa shape index (κ3) is 3.36. The Labute approximate surface area is 112 Å². The van der Waals surface area contributed by atoms with E-state index in [1.165, 1.54) is 26.2 Å². The van der Waals surface area contributed by atoms with Gasteiger partial charge < -0.3 is 19.6 Å². The first kappa shape index (κ1) is 14.1. The molecule has 1 aliphatic rings. The van der Waals surface area contributed by atoms with E-state index in [-0.39, 0.29) is 12.0 Å². The van der Waals surface area contributed by atoms with Gasteiger partial charge in [-0.1, -0.05) is 12.8 Å². The molecule has 1 heterocycles. The number of rotatable bonds is 6. The van der Waals surface area contributed by atoms with E-state index in [1.54, 1.807) is 6.07 Å². The molecule has 0 unspecified atom stereocenters. The molecule has 0 amide bonds. The summed E-state index contributed by atoms with van der Waals surface area (Å²) in [4.78, 5) is 11.3. The summed E-state index contributed by atoms with van der Waals surface area (Å²) in [6.07, 6.45) is 5.93. The SMILES string of the molecule is COC(=O)c1coc(CNCC2(CO)CCCC2)c1. The van der Waals surface area contributed by atoms with Crippen molar-refractivity contribution in [2.75, 3.05) is 20.3 Å². The summed E-state index contributed by atoms with van der Waals surface area (Å²) in [6, 6.07) is 1.68. The van der Waals surface area contributed by atoms with Crippen LogP contribution in [-0.2, 0) is 11.3 Å². The average Bonchev–Trinajstić information content (AvgIpc) is 3.08. The molecule has 0 radical (unpaired) electrons. The minimum Gasteiger partial charge on any atom is -0.467 e. The van der Waals surface area contributed by atoms with Gasteiger partial charge in [0.05, 0.1) is 19.2 Å². The highest BCUT2D eigenvalue weighted by Gasteiger charge is 2.32. The van der Waals surface area contributed by atoms with Crippen molar-refractivity contribution < 1.29 is 19.1 Å². The number of aliphatic hydroxyl groups excluding tert-OH is 1. The van der Waals surface area contributed by atoms with Crippen LogP contribution in [0.2, 0.25) is 0 Å². The van der Waals surface area contributed by atoms with Crippen LogP contribution in [0.4, 0.5) is 0 Å². The zero-order chi connectivity index (χ0) is 13.7. The molecule has 0 aliphatic heterocycles. The number of carbonyl (C=O) groups excluding carboxylic acids is 1. The van der Waals surface area contributed by atoms with E-state index in [4.69, 9.17) is 4.42 Å². The lowest BCUT2D eigenvalue weighted by atomic mass is 9.87. The Bertz CT molecular complexity index is 421. The lowest BCUT2D eigenvalue weighted by Gasteiger charge is -2.26. The third-order valence-corrected chi connectivity index (χ3v) is 3.87. The van der Waals surface area contributed by atoms with E-state index >= 15 is 0 Å². The van der Waals surface area contributed by atoms with Gasteiger partial charge in [0.15, 0.2) is 0 Å². The maximum Gasteiger partial charge on any atom is 0.341 e. The van der Waals surface area contributed by atoms with E-state index in [9.17, 15) is 9.90 Å². The Balaban J connectivity index is 1.82. The highest BCUT2D eigenvalue weighted by Crippen LogP contribution is 2.36. The third-order valence-electron chi connectivity index (χ3n) is 3.87. The van der Waals surface area contributed by atoms with Gasteiger partial charge in [0, 0.05) is 18.6 Å². The molecule has 5 heteroatoms. The fraction of sp³-hybridized carbons (Fsp3) is 0.643. The lowest BCUT2D eigenvalue weighted by Crippen LogP contribution is -2.34. The number of carbonyl (C=O) groups is 1. The monoisotopic (exact) mass is 267 g/mol. The Morgan fingerprint density at radius 1 is 1.53 bits per heavy atom. The maximum atomic E-state index is 11.3. The summed E-state index contributed by atoms with van der Waals surface area (Å²) in [7, 11) is 1.35. The molecule has 0 spiro atoms. The fourth-order valence-electron chi connectivity index (χ4n) is 2.66. The number of hydrogen-bond donors (Lipinski definition) is 2. The number of methoxy groups -OCH3 is 1. The molecule has 2 rings (SSSR count). The van der Waals surface area contributed by atoms with Crippen LogP contribution in [0.15, 0.2) is 16.7 Å². The number of hydrogen-bond acceptors (Lipinski definition) is 5. The van der Waals surface area contributed by atoms with Gasteiger partial charge in [-0.3, -0.25) is 0 Å². The van der Waals surface area contributed by atoms with Crippen molar-refractivity contribution in [3.05, 3.63) is 23.7 Å². The number of esters is 1. The standard InChI is InChI=1S/C14H21NO4/c1-18-13(17)11-6-12(19-8-11)7-15-9-14(10-16)4-2-3-5-14/h6,8,15-16H,2-5,7,9-10H2,1H3. The van der Waals surface area contributed by atoms with E-state index in [0.29, 0.717) is 17.9 Å². The van der Waals surface area contributed by atoms with Gasteiger partial charge in [0.2, 0.25) is 0 Å². The van der Waals surface area contributed by atoms with Crippen LogP contribution in [0, 0.1) is 5.41 Å². The molecular weight excluding hydrogens is 246 g/mol.